The number of unbranched alkanes of at least 4 members (excludes halogenated alkanes) is 1. The van der Waals surface area contributed by atoms with Crippen LogP contribution in [0.3, 0.4) is 0 Å². The molecule has 41 heavy (non-hydrogen) atoms. The predicted octanol–water partition coefficient (Wildman–Crippen LogP) is 5.21. The molecule has 2 aromatic rings. The molecule has 8 nitrogen and oxygen atoms in total. The number of nitrogens with one attached hydrogen (secondary N) is 2. The van der Waals surface area contributed by atoms with Gasteiger partial charge in [0, 0.05) is 23.7 Å². The number of thioether (sulfide) groups is 1. The van der Waals surface area contributed by atoms with Gasteiger partial charge in [-0.05, 0) is 47.8 Å². The van der Waals surface area contributed by atoms with Crippen LogP contribution in [0.2, 0.25) is 0 Å². The van der Waals surface area contributed by atoms with Gasteiger partial charge in [-0.15, -0.1) is 0 Å². The normalized spacial score (nSPS) is 15.0. The molecule has 0 amide bonds. The van der Waals surface area contributed by atoms with Crippen LogP contribution in [0, 0.1) is 23.2 Å². The van der Waals surface area contributed by atoms with Crippen LogP contribution in [0.25, 0.3) is 16.4 Å². The Balaban J connectivity index is 0.00000161. The monoisotopic (exact) mass is 610 g/mol. The second-order valence-electron chi connectivity index (χ2n) is 8.00. The Morgan fingerprint density at radius 1 is 1.17 bits per heavy atom. The van der Waals surface area contributed by atoms with Crippen molar-refractivity contribution in [2.75, 3.05) is 7.11 Å². The molecule has 2 aliphatic rings. The number of halogens is 2. The quantitative estimate of drug-likeness (QED) is 0.184. The van der Waals surface area contributed by atoms with Crippen molar-refractivity contribution in [3.05, 3.63) is 47.7 Å². The molecule has 1 aliphatic heterocycles. The van der Waals surface area contributed by atoms with Crippen molar-refractivity contribution in [2.45, 2.75) is 72.1 Å². The third-order valence-electron chi connectivity index (χ3n) is 5.13. The van der Waals surface area contributed by atoms with Crippen LogP contribution in [-0.2, 0) is 0 Å². The van der Waals surface area contributed by atoms with Crippen molar-refractivity contribution >= 4 is 28.5 Å². The van der Waals surface area contributed by atoms with Crippen molar-refractivity contribution in [3.8, 4) is 34.6 Å². The van der Waals surface area contributed by atoms with Crippen molar-refractivity contribution in [2.24, 2.45) is 11.0 Å². The van der Waals surface area contributed by atoms with Crippen molar-refractivity contribution in [1.82, 2.24) is 15.4 Å². The van der Waals surface area contributed by atoms with Gasteiger partial charge in [-0.2, -0.15) is 0 Å². The predicted molar refractivity (Wildman–Crippen MR) is 160 cm³/mol. The molecule has 1 saturated carbocycles. The molecule has 4 rings (SSSR count). The van der Waals surface area contributed by atoms with Gasteiger partial charge in [0.25, 0.3) is 6.43 Å². The summed E-state index contributed by atoms with van der Waals surface area (Å²) < 4.78 is 37.9. The molecule has 0 spiro atoms. The second kappa shape index (κ2) is 20.0. The van der Waals surface area contributed by atoms with Crippen LogP contribution in [0.15, 0.2) is 41.8 Å². The maximum atomic E-state index is 13.5. The van der Waals surface area contributed by atoms with E-state index < -0.39 is 12.1 Å². The summed E-state index contributed by atoms with van der Waals surface area (Å²) in [7, 11) is 1.43. The number of pyridine rings is 2. The third-order valence-corrected chi connectivity index (χ3v) is 5.98. The average Bonchev–Trinajstić information content (AvgIpc) is 3.71. The first-order valence-corrected chi connectivity index (χ1v) is 14.3. The van der Waals surface area contributed by atoms with Crippen LogP contribution < -0.4 is 66.3 Å². The molecule has 0 radical (unpaired) electrons. The van der Waals surface area contributed by atoms with Gasteiger partial charge in [0.2, 0.25) is 11.8 Å². The molecule has 12 heteroatoms. The SMILES string of the molecule is CC.CC.CCC/C=C\C(=N)Oc1cc(-c2cc(C(F)F)ncc2OC)c([N-]C2=NNC(C#CC3CC3)S2)cn1.[K+]. The van der Waals surface area contributed by atoms with E-state index in [0.29, 0.717) is 27.9 Å². The van der Waals surface area contributed by atoms with Crippen LogP contribution >= 0.6 is 11.8 Å². The largest absolute Gasteiger partial charge is 1.00 e. The summed E-state index contributed by atoms with van der Waals surface area (Å²) >= 11 is 1.36. The summed E-state index contributed by atoms with van der Waals surface area (Å²) in [6.45, 7) is 10.0. The number of hydrogen-bond donors (Lipinski definition) is 2. The van der Waals surface area contributed by atoms with Gasteiger partial charge in [-0.1, -0.05) is 70.7 Å². The Kier molecular flexibility index (Phi) is 18.0. The maximum Gasteiger partial charge on any atom is 1.00 e. The molecule has 1 unspecified atom stereocenters. The number of nitrogens with zero attached hydrogens (tertiary/aromatic N) is 4. The van der Waals surface area contributed by atoms with E-state index >= 15 is 0 Å². The van der Waals surface area contributed by atoms with Gasteiger partial charge >= 0.3 is 51.4 Å². The van der Waals surface area contributed by atoms with Gasteiger partial charge in [0.1, 0.15) is 16.8 Å². The van der Waals surface area contributed by atoms with Crippen molar-refractivity contribution < 1.29 is 69.6 Å². The Bertz CT molecular complexity index is 1250. The molecular weight excluding hydrogens is 574 g/mol. The van der Waals surface area contributed by atoms with Crippen LogP contribution in [0.4, 0.5) is 14.5 Å². The minimum atomic E-state index is -2.77. The molecular formula is C29H37F2KN6O2S. The standard InChI is InChI=1S/C25H25F2N6O2S.2C2H6.K/c1-3-4-5-6-21(28)35-22-12-16(17-11-18(24(26)27)29-14-20(17)34-2)19(13-30-22)31-25-33-32-23(36-25)10-9-15-7-8-15;2*1-2;/h5-6,11-15,23-24,28,32H,3-4,7-8H2,1-2H3;2*1-2H3;/q-1;;;+1/b6-5-,28-21?;;;. The number of aromatic nitrogens is 2. The zero-order valence-corrected chi connectivity index (χ0v) is 28.7. The zero-order chi connectivity index (χ0) is 29.5. The molecule has 0 saturated heterocycles. The fourth-order valence-electron chi connectivity index (χ4n) is 3.15. The summed E-state index contributed by atoms with van der Waals surface area (Å²) in [5.74, 6) is 7.10. The fraction of sp³-hybridized carbons (Fsp3) is 0.448. The van der Waals surface area contributed by atoms with Crippen LogP contribution in [0.1, 0.15) is 72.4 Å². The van der Waals surface area contributed by atoms with Gasteiger partial charge < -0.3 is 25.3 Å². The summed E-state index contributed by atoms with van der Waals surface area (Å²) in [4.78, 5) is 8.05. The third kappa shape index (κ3) is 12.0. The van der Waals surface area contributed by atoms with Crippen molar-refractivity contribution in [3.63, 3.8) is 0 Å². The number of amidine groups is 1. The molecule has 216 valence electrons. The van der Waals surface area contributed by atoms with E-state index in [9.17, 15) is 8.78 Å². The summed E-state index contributed by atoms with van der Waals surface area (Å²) in [6.07, 6.45) is 7.31. The first-order valence-electron chi connectivity index (χ1n) is 13.4. The van der Waals surface area contributed by atoms with Gasteiger partial charge in [-0.25, -0.2) is 13.8 Å². The molecule has 2 N–H and O–H groups in total. The minimum absolute atomic E-state index is 0. The molecule has 3 heterocycles. The van der Waals surface area contributed by atoms with Crippen molar-refractivity contribution in [1.29, 1.82) is 5.41 Å². The number of rotatable bonds is 8. The summed E-state index contributed by atoms with van der Waals surface area (Å²) in [6, 6.07) is 2.78. The topological polar surface area (TPSA) is 107 Å². The number of hydrogen-bond acceptors (Lipinski definition) is 8. The zero-order valence-electron chi connectivity index (χ0n) is 24.8. The Labute approximate surface area is 288 Å². The molecule has 0 aromatic carbocycles. The fourth-order valence-corrected chi connectivity index (χ4v) is 3.85. The van der Waals surface area contributed by atoms with E-state index in [-0.39, 0.29) is 74.3 Å². The van der Waals surface area contributed by atoms with E-state index in [2.05, 4.69) is 37.7 Å². The molecule has 1 atom stereocenters. The smallest absolute Gasteiger partial charge is 0.494 e. The first kappa shape index (κ1) is 37.0. The van der Waals surface area contributed by atoms with E-state index in [1.165, 1.54) is 43.4 Å². The number of allylic oxidation sites excluding steroid dienone is 1. The number of alkyl halides is 2. The van der Waals surface area contributed by atoms with E-state index in [4.69, 9.17) is 14.9 Å². The maximum absolute atomic E-state index is 13.5. The van der Waals surface area contributed by atoms with Gasteiger partial charge in [-0.3, -0.25) is 10.4 Å². The molecule has 2 aromatic heterocycles. The van der Waals surface area contributed by atoms with E-state index in [0.717, 1.165) is 25.7 Å². The van der Waals surface area contributed by atoms with Gasteiger partial charge in [0.15, 0.2) is 0 Å². The van der Waals surface area contributed by atoms with Gasteiger partial charge in [0.05, 0.1) is 13.3 Å². The Morgan fingerprint density at radius 2 is 1.90 bits per heavy atom. The minimum Gasteiger partial charge on any atom is -0.494 e. The Morgan fingerprint density at radius 3 is 2.54 bits per heavy atom. The number of ether oxygens (including phenoxy) is 2. The number of methoxy groups -OCH3 is 1. The average molecular weight is 611 g/mol. The molecule has 0 bridgehead atoms. The second-order valence-corrected chi connectivity index (χ2v) is 9.08. The van der Waals surface area contributed by atoms with Crippen LogP contribution in [0.5, 0.6) is 11.6 Å². The van der Waals surface area contributed by atoms with E-state index in [1.54, 1.807) is 6.08 Å². The summed E-state index contributed by atoms with van der Waals surface area (Å²) in [5.41, 5.74) is 3.66. The molecule has 1 fully saturated rings. The molecule has 1 aliphatic carbocycles. The van der Waals surface area contributed by atoms with E-state index in [1.807, 2.05) is 40.7 Å². The van der Waals surface area contributed by atoms with Crippen LogP contribution in [-0.4, -0.2) is 33.5 Å². The number of hydrazone groups is 1. The summed E-state index contributed by atoms with van der Waals surface area (Å²) in [5, 5.41) is 17.1. The Hall–Kier alpha value is -2.01. The first-order chi connectivity index (χ1) is 19.5.